The minimum Gasteiger partial charge on any atom is -0.391 e. The van der Waals surface area contributed by atoms with Gasteiger partial charge in [0.15, 0.2) is 0 Å². The topological polar surface area (TPSA) is 79.6 Å². The predicted octanol–water partition coefficient (Wildman–Crippen LogP) is 1.30. The second-order valence-corrected chi connectivity index (χ2v) is 6.94. The van der Waals surface area contributed by atoms with E-state index in [1.54, 1.807) is 11.1 Å². The number of likely N-dealkylation sites (tertiary alicyclic amines) is 1. The van der Waals surface area contributed by atoms with Crippen molar-refractivity contribution in [1.82, 2.24) is 14.7 Å². The van der Waals surface area contributed by atoms with E-state index in [1.165, 1.54) is 0 Å². The number of hydrogen-bond donors (Lipinski definition) is 2. The van der Waals surface area contributed by atoms with Crippen LogP contribution in [0.15, 0.2) is 12.3 Å². The monoisotopic (exact) mass is 320 g/mol. The van der Waals surface area contributed by atoms with Gasteiger partial charge >= 0.3 is 6.03 Å². The van der Waals surface area contributed by atoms with Crippen LogP contribution in [0, 0.1) is 11.8 Å². The van der Waals surface area contributed by atoms with Gasteiger partial charge in [-0.3, -0.25) is 5.32 Å². The molecule has 2 N–H and O–H groups in total. The third kappa shape index (κ3) is 2.83. The molecule has 7 heteroatoms. The summed E-state index contributed by atoms with van der Waals surface area (Å²) in [5.74, 6) is 1.63. The van der Waals surface area contributed by atoms with Crippen LogP contribution >= 0.6 is 0 Å². The van der Waals surface area contributed by atoms with Crippen LogP contribution in [-0.4, -0.2) is 57.7 Å². The zero-order chi connectivity index (χ0) is 15.8. The second-order valence-electron chi connectivity index (χ2n) is 6.94. The molecule has 0 spiro atoms. The number of fused-ring (bicyclic) bond motifs is 1. The van der Waals surface area contributed by atoms with Crippen molar-refractivity contribution in [2.45, 2.75) is 44.4 Å². The van der Waals surface area contributed by atoms with Gasteiger partial charge in [0.1, 0.15) is 5.82 Å². The maximum atomic E-state index is 12.6. The Kier molecular flexibility index (Phi) is 3.98. The molecule has 1 aromatic rings. The van der Waals surface area contributed by atoms with E-state index in [4.69, 9.17) is 4.74 Å². The standard InChI is InChI=1S/C16H24N4O3/c21-13-2-1-12-4-7-19(15(12)13)16(22)18-14-3-6-17-20(14)9-11-5-8-23-10-11/h3,6,11-13,15,21H,1-2,4-5,7-10H2,(H,18,22)/t11?,12-,13+,15+/m0/s1. The Balaban J connectivity index is 1.42. The summed E-state index contributed by atoms with van der Waals surface area (Å²) < 4.78 is 7.25. The van der Waals surface area contributed by atoms with Crippen LogP contribution in [0.5, 0.6) is 0 Å². The molecule has 2 amide bonds. The van der Waals surface area contributed by atoms with Crippen molar-refractivity contribution in [3.63, 3.8) is 0 Å². The molecule has 1 saturated carbocycles. The summed E-state index contributed by atoms with van der Waals surface area (Å²) in [6.07, 6.45) is 5.19. The number of rotatable bonds is 3. The Morgan fingerprint density at radius 2 is 2.30 bits per heavy atom. The lowest BCUT2D eigenvalue weighted by atomic mass is 10.0. The van der Waals surface area contributed by atoms with Crippen LogP contribution in [0.25, 0.3) is 0 Å². The van der Waals surface area contributed by atoms with E-state index in [0.717, 1.165) is 57.8 Å². The Bertz CT molecular complexity index is 569. The van der Waals surface area contributed by atoms with Crippen LogP contribution in [0.2, 0.25) is 0 Å². The molecule has 3 aliphatic rings. The van der Waals surface area contributed by atoms with Crippen LogP contribution in [-0.2, 0) is 11.3 Å². The average Bonchev–Trinajstić information content (AvgIpc) is 3.28. The van der Waals surface area contributed by atoms with Crippen molar-refractivity contribution in [2.75, 3.05) is 25.1 Å². The van der Waals surface area contributed by atoms with Crippen LogP contribution < -0.4 is 5.32 Å². The van der Waals surface area contributed by atoms with Crippen LogP contribution in [0.4, 0.5) is 10.6 Å². The molecule has 4 atom stereocenters. The van der Waals surface area contributed by atoms with E-state index in [2.05, 4.69) is 10.4 Å². The molecule has 0 radical (unpaired) electrons. The lowest BCUT2D eigenvalue weighted by Gasteiger charge is -2.27. The number of anilines is 1. The largest absolute Gasteiger partial charge is 0.391 e. The molecular weight excluding hydrogens is 296 g/mol. The fraction of sp³-hybridized carbons (Fsp3) is 0.750. The Morgan fingerprint density at radius 1 is 1.39 bits per heavy atom. The van der Waals surface area contributed by atoms with Crippen LogP contribution in [0.3, 0.4) is 0 Å². The summed E-state index contributed by atoms with van der Waals surface area (Å²) in [5.41, 5.74) is 0. The second kappa shape index (κ2) is 6.13. The molecular formula is C16H24N4O3. The van der Waals surface area contributed by atoms with Gasteiger partial charge in [0, 0.05) is 31.7 Å². The van der Waals surface area contributed by atoms with Gasteiger partial charge in [-0.05, 0) is 31.6 Å². The van der Waals surface area contributed by atoms with Crippen LogP contribution in [0.1, 0.15) is 25.7 Å². The first-order chi connectivity index (χ1) is 11.2. The molecule has 7 nitrogen and oxygen atoms in total. The summed E-state index contributed by atoms with van der Waals surface area (Å²) in [5, 5.41) is 17.4. The minimum absolute atomic E-state index is 0.0189. The average molecular weight is 320 g/mol. The predicted molar refractivity (Wildman–Crippen MR) is 84.0 cm³/mol. The number of urea groups is 1. The molecule has 2 aliphatic heterocycles. The molecule has 3 heterocycles. The summed E-state index contributed by atoms with van der Waals surface area (Å²) in [4.78, 5) is 14.4. The molecule has 0 aromatic carbocycles. The number of nitrogens with one attached hydrogen (secondary N) is 1. The minimum atomic E-state index is -0.381. The molecule has 0 bridgehead atoms. The van der Waals surface area contributed by atoms with Crippen molar-refractivity contribution >= 4 is 11.8 Å². The molecule has 1 aliphatic carbocycles. The van der Waals surface area contributed by atoms with Crippen molar-refractivity contribution in [3.8, 4) is 0 Å². The summed E-state index contributed by atoms with van der Waals surface area (Å²) in [6.45, 7) is 3.05. The third-order valence-corrected chi connectivity index (χ3v) is 5.48. The van der Waals surface area contributed by atoms with Crippen molar-refractivity contribution < 1.29 is 14.6 Å². The van der Waals surface area contributed by atoms with Crippen molar-refractivity contribution in [2.24, 2.45) is 11.8 Å². The highest BCUT2D eigenvalue weighted by molar-refractivity contribution is 5.89. The van der Waals surface area contributed by atoms with E-state index in [0.29, 0.717) is 11.8 Å². The van der Waals surface area contributed by atoms with Gasteiger partial charge < -0.3 is 14.7 Å². The SMILES string of the molecule is O=C(Nc1ccnn1CC1CCOC1)N1CC[C@@H]2CC[C@@H](O)[C@@H]21. The Hall–Kier alpha value is -1.60. The van der Waals surface area contributed by atoms with Crippen molar-refractivity contribution in [3.05, 3.63) is 12.3 Å². The first-order valence-corrected chi connectivity index (χ1v) is 8.57. The van der Waals surface area contributed by atoms with Gasteiger partial charge in [-0.15, -0.1) is 0 Å². The number of carbonyl (C=O) groups is 1. The number of hydrogen-bond acceptors (Lipinski definition) is 4. The Morgan fingerprint density at radius 3 is 3.13 bits per heavy atom. The number of aromatic nitrogens is 2. The molecule has 126 valence electrons. The molecule has 3 fully saturated rings. The van der Waals surface area contributed by atoms with Gasteiger partial charge in [0.2, 0.25) is 0 Å². The van der Waals surface area contributed by atoms with Gasteiger partial charge in [-0.25, -0.2) is 9.48 Å². The zero-order valence-electron chi connectivity index (χ0n) is 13.2. The van der Waals surface area contributed by atoms with E-state index in [-0.39, 0.29) is 18.2 Å². The maximum absolute atomic E-state index is 12.6. The third-order valence-electron chi connectivity index (χ3n) is 5.48. The molecule has 4 rings (SSSR count). The highest BCUT2D eigenvalue weighted by Crippen LogP contribution is 2.38. The number of aliphatic hydroxyl groups is 1. The van der Waals surface area contributed by atoms with Gasteiger partial charge in [0.05, 0.1) is 24.9 Å². The van der Waals surface area contributed by atoms with E-state index >= 15 is 0 Å². The first-order valence-electron chi connectivity index (χ1n) is 8.57. The van der Waals surface area contributed by atoms with E-state index < -0.39 is 0 Å². The zero-order valence-corrected chi connectivity index (χ0v) is 13.2. The smallest absolute Gasteiger partial charge is 0.323 e. The number of carbonyl (C=O) groups excluding carboxylic acids is 1. The highest BCUT2D eigenvalue weighted by atomic mass is 16.5. The molecule has 1 unspecified atom stereocenters. The fourth-order valence-electron chi connectivity index (χ4n) is 4.25. The number of nitrogens with zero attached hydrogens (tertiary/aromatic N) is 3. The molecule has 1 aromatic heterocycles. The summed E-state index contributed by atoms with van der Waals surface area (Å²) in [7, 11) is 0. The molecule has 2 saturated heterocycles. The quantitative estimate of drug-likeness (QED) is 0.880. The normalized spacial score (nSPS) is 33.2. The summed E-state index contributed by atoms with van der Waals surface area (Å²) >= 11 is 0. The van der Waals surface area contributed by atoms with E-state index in [9.17, 15) is 9.90 Å². The van der Waals surface area contributed by atoms with E-state index in [1.807, 2.05) is 10.7 Å². The number of ether oxygens (including phenoxy) is 1. The number of aliphatic hydroxyl groups excluding tert-OH is 1. The lowest BCUT2D eigenvalue weighted by molar-refractivity contribution is 0.101. The highest BCUT2D eigenvalue weighted by Gasteiger charge is 2.45. The van der Waals surface area contributed by atoms with Gasteiger partial charge in [-0.2, -0.15) is 5.10 Å². The van der Waals surface area contributed by atoms with Crippen molar-refractivity contribution in [1.29, 1.82) is 0 Å². The Labute approximate surface area is 135 Å². The summed E-state index contributed by atoms with van der Waals surface area (Å²) in [6, 6.07) is 1.68. The first kappa shape index (κ1) is 15.0. The lowest BCUT2D eigenvalue weighted by Crippen LogP contribution is -2.44. The molecule has 23 heavy (non-hydrogen) atoms. The maximum Gasteiger partial charge on any atom is 0.323 e. The van der Waals surface area contributed by atoms with Gasteiger partial charge in [-0.1, -0.05) is 0 Å². The fourth-order valence-corrected chi connectivity index (χ4v) is 4.25. The van der Waals surface area contributed by atoms with Gasteiger partial charge in [0.25, 0.3) is 0 Å². The number of amides is 2.